The highest BCUT2D eigenvalue weighted by atomic mass is 35.5. The van der Waals surface area contributed by atoms with Gasteiger partial charge >= 0.3 is 5.97 Å². The predicted octanol–water partition coefficient (Wildman–Crippen LogP) is 2.50. The molecular weight excluding hydrogens is 268 g/mol. The Hall–Kier alpha value is -0.130. The maximum atomic E-state index is 10.8. The molecule has 0 N–H and O–H groups in total. The zero-order chi connectivity index (χ0) is 13.0. The van der Waals surface area contributed by atoms with E-state index in [1.54, 1.807) is 0 Å². The minimum absolute atomic E-state index is 0.309. The van der Waals surface area contributed by atoms with Crippen LogP contribution in [0.25, 0.3) is 0 Å². The molecule has 94 valence electrons. The van der Waals surface area contributed by atoms with Crippen molar-refractivity contribution in [3.8, 4) is 0 Å². The van der Waals surface area contributed by atoms with Crippen LogP contribution in [0.1, 0.15) is 19.8 Å². The van der Waals surface area contributed by atoms with Crippen LogP contribution in [-0.2, 0) is 14.3 Å². The van der Waals surface area contributed by atoms with E-state index >= 15 is 0 Å². The van der Waals surface area contributed by atoms with E-state index in [0.29, 0.717) is 36.5 Å². The van der Waals surface area contributed by atoms with Gasteiger partial charge < -0.3 is 4.74 Å². The number of halogens is 1. The lowest BCUT2D eigenvalue weighted by Gasteiger charge is -2.01. The Bertz CT molecular complexity index is 232. The van der Waals surface area contributed by atoms with E-state index in [4.69, 9.17) is 16.3 Å². The zero-order valence-corrected chi connectivity index (χ0v) is 11.8. The fourth-order valence-corrected chi connectivity index (χ4v) is 0.993. The van der Waals surface area contributed by atoms with Gasteiger partial charge in [-0.3, -0.25) is 4.79 Å². The lowest BCUT2D eigenvalue weighted by molar-refractivity contribution is -0.138. The number of esters is 1. The molecule has 0 aromatic carbocycles. The summed E-state index contributed by atoms with van der Waals surface area (Å²) >= 11 is 12.5. The third kappa shape index (κ3) is 13.9. The zero-order valence-electron chi connectivity index (χ0n) is 9.24. The third-order valence-corrected chi connectivity index (χ3v) is 1.94. The van der Waals surface area contributed by atoms with Gasteiger partial charge in [0.25, 0.3) is 0 Å². The maximum Gasteiger partial charge on any atom is 0.333 e. The number of ether oxygens (including phenoxy) is 1. The molecule has 0 aromatic rings. The summed E-state index contributed by atoms with van der Waals surface area (Å²) in [6.45, 7) is 5.75. The molecule has 0 radical (unpaired) electrons. The first-order valence-electron chi connectivity index (χ1n) is 4.74. The third-order valence-electron chi connectivity index (χ3n) is 1.35. The first kappa shape index (κ1) is 18.2. The number of carbonyl (C=O) groups excluding carboxylic acids is 2. The molecule has 16 heavy (non-hydrogen) atoms. The van der Waals surface area contributed by atoms with Gasteiger partial charge in [0, 0.05) is 17.7 Å². The molecule has 3 nitrogen and oxygen atoms in total. The highest BCUT2D eigenvalue weighted by Crippen LogP contribution is 1.98. The molecule has 0 saturated heterocycles. The quantitative estimate of drug-likeness (QED) is 0.341. The molecule has 0 aliphatic carbocycles. The van der Waals surface area contributed by atoms with Gasteiger partial charge in [-0.2, -0.15) is 25.3 Å². The largest absolute Gasteiger partial charge is 0.461 e. The first-order chi connectivity index (χ1) is 7.49. The predicted molar refractivity (Wildman–Crippen MR) is 73.6 cm³/mol. The summed E-state index contributed by atoms with van der Waals surface area (Å²) in [5.74, 6) is 0.793. The highest BCUT2D eigenvalue weighted by Gasteiger charge is 2.03. The van der Waals surface area contributed by atoms with Crippen LogP contribution >= 0.6 is 36.9 Å². The number of thiol groups is 2. The Kier molecular flexibility index (Phi) is 14.7. The summed E-state index contributed by atoms with van der Waals surface area (Å²) in [4.78, 5) is 20.5. The fourth-order valence-electron chi connectivity index (χ4n) is 0.473. The van der Waals surface area contributed by atoms with Gasteiger partial charge in [0.05, 0.1) is 0 Å². The lowest BCUT2D eigenvalue weighted by atomic mass is 10.2. The molecule has 0 saturated carbocycles. The van der Waals surface area contributed by atoms with Gasteiger partial charge in [-0.05, 0) is 23.8 Å². The van der Waals surface area contributed by atoms with Crippen LogP contribution in [0.2, 0.25) is 0 Å². The average Bonchev–Trinajstić information content (AvgIpc) is 2.25. The second-order valence-corrected chi connectivity index (χ2v) is 3.96. The van der Waals surface area contributed by atoms with Gasteiger partial charge in [0.1, 0.15) is 6.61 Å². The van der Waals surface area contributed by atoms with Crippen molar-refractivity contribution >= 4 is 48.1 Å². The molecule has 0 aromatic heterocycles. The Morgan fingerprint density at radius 1 is 1.31 bits per heavy atom. The summed E-state index contributed by atoms with van der Waals surface area (Å²) in [6.07, 6.45) is 1.01. The van der Waals surface area contributed by atoms with Crippen molar-refractivity contribution in [2.24, 2.45) is 0 Å². The molecule has 0 spiro atoms. The molecule has 0 amide bonds. The molecule has 0 heterocycles. The van der Waals surface area contributed by atoms with Gasteiger partial charge in [-0.25, -0.2) is 4.79 Å². The van der Waals surface area contributed by atoms with Crippen molar-refractivity contribution in [2.45, 2.75) is 19.8 Å². The summed E-state index contributed by atoms with van der Waals surface area (Å²) < 4.78 is 4.73. The lowest BCUT2D eigenvalue weighted by Crippen LogP contribution is -2.08. The highest BCUT2D eigenvalue weighted by molar-refractivity contribution is 7.80. The minimum Gasteiger partial charge on any atom is -0.461 e. The Balaban J connectivity index is 0. The van der Waals surface area contributed by atoms with Crippen LogP contribution in [-0.4, -0.2) is 29.3 Å². The van der Waals surface area contributed by atoms with E-state index < -0.39 is 0 Å². The summed E-state index contributed by atoms with van der Waals surface area (Å²) in [7, 11) is 0. The Labute approximate surface area is 112 Å². The molecule has 0 aliphatic rings. The molecule has 0 unspecified atom stereocenters. The van der Waals surface area contributed by atoms with Crippen LogP contribution in [0, 0.1) is 0 Å². The van der Waals surface area contributed by atoms with Crippen LogP contribution in [0.3, 0.4) is 0 Å². The number of hydrogen-bond donors (Lipinski definition) is 2. The fraction of sp³-hybridized carbons (Fsp3) is 0.600. The smallest absolute Gasteiger partial charge is 0.333 e. The van der Waals surface area contributed by atoms with Gasteiger partial charge in [-0.15, -0.1) is 0 Å². The number of hydrogen-bond acceptors (Lipinski definition) is 5. The molecule has 0 rings (SSSR count). The normalized spacial score (nSPS) is 8.75. The monoisotopic (exact) mass is 284 g/mol. The molecule has 0 fully saturated rings. The van der Waals surface area contributed by atoms with Crippen molar-refractivity contribution in [3.63, 3.8) is 0 Å². The number of rotatable bonds is 6. The Morgan fingerprint density at radius 2 is 1.88 bits per heavy atom. The standard InChI is InChI=1S/C7H12O2S.C3H5ClOS/c1-3-6(2)7(8)9-4-5-10;4-3(5)1-2-6/h10H,2-5H2,1H3;6H,1-2H2. The summed E-state index contributed by atoms with van der Waals surface area (Å²) in [5.41, 5.74) is 0.516. The van der Waals surface area contributed by atoms with Crippen molar-refractivity contribution in [2.75, 3.05) is 18.1 Å². The van der Waals surface area contributed by atoms with E-state index in [1.807, 2.05) is 6.92 Å². The van der Waals surface area contributed by atoms with E-state index in [-0.39, 0.29) is 11.2 Å². The van der Waals surface area contributed by atoms with E-state index in [1.165, 1.54) is 0 Å². The minimum atomic E-state index is -0.315. The van der Waals surface area contributed by atoms with Crippen LogP contribution in [0.4, 0.5) is 0 Å². The van der Waals surface area contributed by atoms with E-state index in [9.17, 15) is 9.59 Å². The number of carbonyl (C=O) groups is 2. The second kappa shape index (κ2) is 12.9. The van der Waals surface area contributed by atoms with Crippen LogP contribution in [0.15, 0.2) is 12.2 Å². The van der Waals surface area contributed by atoms with Crippen LogP contribution < -0.4 is 0 Å². The topological polar surface area (TPSA) is 43.4 Å². The molecular formula is C10H17ClO3S2. The van der Waals surface area contributed by atoms with Gasteiger partial charge in [0.2, 0.25) is 5.24 Å². The SMILES string of the molecule is C=C(CC)C(=O)OCCS.O=C(Cl)CCS. The average molecular weight is 285 g/mol. The Morgan fingerprint density at radius 3 is 2.12 bits per heavy atom. The van der Waals surface area contributed by atoms with Crippen molar-refractivity contribution < 1.29 is 14.3 Å². The van der Waals surface area contributed by atoms with Crippen molar-refractivity contribution in [3.05, 3.63) is 12.2 Å². The molecule has 6 heteroatoms. The van der Waals surface area contributed by atoms with Crippen molar-refractivity contribution in [1.82, 2.24) is 0 Å². The van der Waals surface area contributed by atoms with Crippen LogP contribution in [0.5, 0.6) is 0 Å². The van der Waals surface area contributed by atoms with Gasteiger partial charge in [0.15, 0.2) is 0 Å². The summed E-state index contributed by atoms with van der Waals surface area (Å²) in [5, 5.41) is -0.315. The molecule has 0 bridgehead atoms. The summed E-state index contributed by atoms with van der Waals surface area (Å²) in [6, 6.07) is 0. The van der Waals surface area contributed by atoms with E-state index in [2.05, 4.69) is 31.8 Å². The first-order valence-corrected chi connectivity index (χ1v) is 6.38. The second-order valence-electron chi connectivity index (χ2n) is 2.65. The van der Waals surface area contributed by atoms with E-state index in [0.717, 1.165) is 0 Å². The van der Waals surface area contributed by atoms with Gasteiger partial charge in [-0.1, -0.05) is 13.5 Å². The maximum absolute atomic E-state index is 10.8. The molecule has 0 atom stereocenters. The molecule has 0 aliphatic heterocycles. The van der Waals surface area contributed by atoms with Crippen molar-refractivity contribution in [1.29, 1.82) is 0 Å².